The van der Waals surface area contributed by atoms with Crippen LogP contribution in [0.25, 0.3) is 5.69 Å². The van der Waals surface area contributed by atoms with Gasteiger partial charge in [0.05, 0.1) is 11.4 Å². The first-order chi connectivity index (χ1) is 9.36. The van der Waals surface area contributed by atoms with Gasteiger partial charge < -0.3 is 5.11 Å². The second-order valence-corrected chi connectivity index (χ2v) is 6.27. The number of nitrogens with zero attached hydrogens (tertiary/aromatic N) is 3. The van der Waals surface area contributed by atoms with Gasteiger partial charge in [-0.2, -0.15) is 0 Å². The van der Waals surface area contributed by atoms with Gasteiger partial charge in [0.2, 0.25) is 0 Å². The van der Waals surface area contributed by atoms with Crippen LogP contribution in [0.3, 0.4) is 0 Å². The number of thioether (sulfide) groups is 1. The Morgan fingerprint density at radius 2 is 1.95 bits per heavy atom. The van der Waals surface area contributed by atoms with Gasteiger partial charge in [-0.1, -0.05) is 38.1 Å². The number of hydrogen-bond donors (Lipinski definition) is 1. The number of hydrogen-bond acceptors (Lipinski definition) is 4. The van der Waals surface area contributed by atoms with Gasteiger partial charge in [0.1, 0.15) is 0 Å². The summed E-state index contributed by atoms with van der Waals surface area (Å²) in [5.74, 6) is -1.05. The van der Waals surface area contributed by atoms with Crippen LogP contribution >= 0.6 is 11.8 Å². The van der Waals surface area contributed by atoms with Crippen molar-refractivity contribution >= 4 is 17.7 Å². The molecule has 0 aliphatic rings. The van der Waals surface area contributed by atoms with Gasteiger partial charge in [-0.15, -0.1) is 16.9 Å². The zero-order valence-corrected chi connectivity index (χ0v) is 12.7. The predicted molar refractivity (Wildman–Crippen MR) is 78.8 cm³/mol. The van der Waals surface area contributed by atoms with E-state index in [1.807, 2.05) is 51.3 Å². The lowest BCUT2D eigenvalue weighted by Gasteiger charge is -2.21. The maximum absolute atomic E-state index is 11.3. The highest BCUT2D eigenvalue weighted by atomic mass is 32.2. The summed E-state index contributed by atoms with van der Waals surface area (Å²) in [5, 5.41) is 17.2. The van der Waals surface area contributed by atoms with Crippen molar-refractivity contribution in [3.8, 4) is 5.69 Å². The summed E-state index contributed by atoms with van der Waals surface area (Å²) in [6.07, 6.45) is 1.98. The molecular formula is C14H17N3O2S. The number of rotatable bonds is 3. The van der Waals surface area contributed by atoms with Gasteiger partial charge in [-0.05, 0) is 18.4 Å². The van der Waals surface area contributed by atoms with E-state index in [1.165, 1.54) is 0 Å². The minimum absolute atomic E-state index is 0.00778. The van der Waals surface area contributed by atoms with Gasteiger partial charge in [0.15, 0.2) is 5.69 Å². The van der Waals surface area contributed by atoms with Gasteiger partial charge in [-0.3, -0.25) is 0 Å². The molecule has 0 aliphatic carbocycles. The molecule has 2 rings (SSSR count). The van der Waals surface area contributed by atoms with Crippen molar-refractivity contribution in [1.29, 1.82) is 0 Å². The monoisotopic (exact) mass is 291 g/mol. The third-order valence-corrected chi connectivity index (χ3v) is 3.68. The van der Waals surface area contributed by atoms with E-state index in [-0.39, 0.29) is 11.1 Å². The number of carboxylic acids is 1. The second-order valence-electron chi connectivity index (χ2n) is 5.43. The Morgan fingerprint density at radius 1 is 1.30 bits per heavy atom. The van der Waals surface area contributed by atoms with Gasteiger partial charge in [0.25, 0.3) is 0 Å². The summed E-state index contributed by atoms with van der Waals surface area (Å²) in [4.78, 5) is 12.4. The van der Waals surface area contributed by atoms with Gasteiger partial charge in [-0.25, -0.2) is 9.48 Å². The number of aromatic nitrogens is 3. The fourth-order valence-electron chi connectivity index (χ4n) is 2.07. The molecule has 0 unspecified atom stereocenters. The highest BCUT2D eigenvalue weighted by Crippen LogP contribution is 2.30. The van der Waals surface area contributed by atoms with Gasteiger partial charge in [0, 0.05) is 10.3 Å². The Labute approximate surface area is 122 Å². The molecule has 1 N–H and O–H groups in total. The Hall–Kier alpha value is -1.82. The van der Waals surface area contributed by atoms with E-state index in [0.29, 0.717) is 5.69 Å². The quantitative estimate of drug-likeness (QED) is 0.880. The second kappa shape index (κ2) is 5.28. The molecule has 2 aromatic rings. The molecule has 1 aromatic heterocycles. The van der Waals surface area contributed by atoms with Crippen molar-refractivity contribution in [2.75, 3.05) is 6.26 Å². The third kappa shape index (κ3) is 2.56. The van der Waals surface area contributed by atoms with Crippen LogP contribution in [0.2, 0.25) is 0 Å². The van der Waals surface area contributed by atoms with Crippen LogP contribution < -0.4 is 0 Å². The molecule has 0 radical (unpaired) electrons. The van der Waals surface area contributed by atoms with E-state index in [2.05, 4.69) is 10.3 Å². The zero-order chi connectivity index (χ0) is 14.9. The largest absolute Gasteiger partial charge is 0.476 e. The van der Waals surface area contributed by atoms with Crippen LogP contribution in [0.1, 0.15) is 37.0 Å². The molecule has 0 bridgehead atoms. The normalized spacial score (nSPS) is 11.6. The van der Waals surface area contributed by atoms with Crippen LogP contribution in [0.15, 0.2) is 29.2 Å². The van der Waals surface area contributed by atoms with Crippen LogP contribution in [-0.4, -0.2) is 32.3 Å². The average molecular weight is 291 g/mol. The van der Waals surface area contributed by atoms with Crippen molar-refractivity contribution < 1.29 is 9.90 Å². The Morgan fingerprint density at radius 3 is 2.50 bits per heavy atom. The Bertz CT molecular complexity index is 644. The standard InChI is InChI=1S/C14H17N3O2S/c1-14(2,3)12-11(13(18)19)15-16-17(12)9-7-5-6-8-10(9)20-4/h5-8H,1-4H3,(H,18,19). The smallest absolute Gasteiger partial charge is 0.358 e. The lowest BCUT2D eigenvalue weighted by molar-refractivity contribution is 0.0687. The van der Waals surface area contributed by atoms with Crippen molar-refractivity contribution in [3.05, 3.63) is 35.7 Å². The molecular weight excluding hydrogens is 274 g/mol. The molecule has 0 amide bonds. The summed E-state index contributed by atoms with van der Waals surface area (Å²) in [5.41, 5.74) is 1.09. The van der Waals surface area contributed by atoms with Crippen LogP contribution in [-0.2, 0) is 5.41 Å². The molecule has 0 fully saturated rings. The van der Waals surface area contributed by atoms with Crippen molar-refractivity contribution in [1.82, 2.24) is 15.0 Å². The van der Waals surface area contributed by atoms with Crippen molar-refractivity contribution in [2.24, 2.45) is 0 Å². The molecule has 0 saturated carbocycles. The molecule has 0 spiro atoms. The summed E-state index contributed by atoms with van der Waals surface area (Å²) in [7, 11) is 0. The highest BCUT2D eigenvalue weighted by Gasteiger charge is 2.30. The van der Waals surface area contributed by atoms with Crippen LogP contribution in [0, 0.1) is 0 Å². The first-order valence-electron chi connectivity index (χ1n) is 6.19. The Kier molecular flexibility index (Phi) is 3.85. The molecule has 1 aromatic carbocycles. The Balaban J connectivity index is 2.72. The first kappa shape index (κ1) is 14.6. The van der Waals surface area contributed by atoms with Crippen LogP contribution in [0.5, 0.6) is 0 Å². The van der Waals surface area contributed by atoms with Gasteiger partial charge >= 0.3 is 5.97 Å². The van der Waals surface area contributed by atoms with E-state index in [0.717, 1.165) is 10.6 Å². The first-order valence-corrected chi connectivity index (χ1v) is 7.41. The fraction of sp³-hybridized carbons (Fsp3) is 0.357. The minimum atomic E-state index is -1.05. The average Bonchev–Trinajstić information content (AvgIpc) is 2.83. The van der Waals surface area contributed by atoms with Crippen molar-refractivity contribution in [3.63, 3.8) is 0 Å². The lowest BCUT2D eigenvalue weighted by atomic mass is 9.90. The summed E-state index contributed by atoms with van der Waals surface area (Å²) in [6, 6.07) is 7.75. The summed E-state index contributed by atoms with van der Waals surface area (Å²) < 4.78 is 1.63. The number of para-hydroxylation sites is 1. The molecule has 0 atom stereocenters. The minimum Gasteiger partial charge on any atom is -0.476 e. The van der Waals surface area contributed by atoms with E-state index in [9.17, 15) is 9.90 Å². The molecule has 6 heteroatoms. The van der Waals surface area contributed by atoms with E-state index in [4.69, 9.17) is 0 Å². The molecule has 1 heterocycles. The van der Waals surface area contributed by atoms with E-state index < -0.39 is 5.97 Å². The number of aromatic carboxylic acids is 1. The highest BCUT2D eigenvalue weighted by molar-refractivity contribution is 7.98. The SMILES string of the molecule is CSc1ccccc1-n1nnc(C(=O)O)c1C(C)(C)C. The molecule has 20 heavy (non-hydrogen) atoms. The topological polar surface area (TPSA) is 68.0 Å². The number of carbonyl (C=O) groups is 1. The molecule has 5 nitrogen and oxygen atoms in total. The lowest BCUT2D eigenvalue weighted by Crippen LogP contribution is -2.21. The van der Waals surface area contributed by atoms with E-state index in [1.54, 1.807) is 16.4 Å². The molecule has 0 saturated heterocycles. The zero-order valence-electron chi connectivity index (χ0n) is 11.9. The summed E-state index contributed by atoms with van der Waals surface area (Å²) >= 11 is 1.59. The van der Waals surface area contributed by atoms with E-state index >= 15 is 0 Å². The van der Waals surface area contributed by atoms with Crippen molar-refractivity contribution in [2.45, 2.75) is 31.1 Å². The number of benzene rings is 1. The molecule has 0 aliphatic heterocycles. The third-order valence-electron chi connectivity index (χ3n) is 2.90. The molecule has 106 valence electrons. The van der Waals surface area contributed by atoms with Crippen LogP contribution in [0.4, 0.5) is 0 Å². The maximum Gasteiger partial charge on any atom is 0.358 e. The number of carboxylic acid groups (broad SMARTS) is 1. The predicted octanol–water partition coefficient (Wildman–Crippen LogP) is 2.98. The summed E-state index contributed by atoms with van der Waals surface area (Å²) in [6.45, 7) is 5.86. The maximum atomic E-state index is 11.3. The fourth-order valence-corrected chi connectivity index (χ4v) is 2.65.